The number of hydrogen-bond acceptors (Lipinski definition) is 6. The van der Waals surface area contributed by atoms with Crippen molar-refractivity contribution in [2.24, 2.45) is 0 Å². The summed E-state index contributed by atoms with van der Waals surface area (Å²) in [5, 5.41) is 5.96. The highest BCUT2D eigenvalue weighted by molar-refractivity contribution is 7.86. The van der Waals surface area contributed by atoms with Gasteiger partial charge in [0.2, 0.25) is 24.5 Å². The molecule has 188 valence electrons. The molecule has 9 nitrogen and oxygen atoms in total. The Bertz CT molecular complexity index is 1130. The molecule has 0 radical (unpaired) electrons. The Labute approximate surface area is 211 Å². The van der Waals surface area contributed by atoms with Crippen LogP contribution in [0.1, 0.15) is 27.7 Å². The van der Waals surface area contributed by atoms with Crippen LogP contribution in [-0.4, -0.2) is 51.8 Å². The van der Waals surface area contributed by atoms with Crippen molar-refractivity contribution in [3.63, 3.8) is 0 Å². The van der Waals surface area contributed by atoms with Crippen molar-refractivity contribution in [1.82, 2.24) is 5.32 Å². The lowest BCUT2D eigenvalue weighted by Crippen LogP contribution is -2.53. The quantitative estimate of drug-likeness (QED) is 0.552. The Morgan fingerprint density at radius 2 is 1.71 bits per heavy atom. The zero-order valence-corrected chi connectivity index (χ0v) is 21.5. The molecule has 1 aliphatic heterocycles. The van der Waals surface area contributed by atoms with Crippen LogP contribution < -0.4 is 25.0 Å². The Balaban J connectivity index is 1.67. The number of amides is 3. The Morgan fingerprint density at radius 1 is 1.06 bits per heavy atom. The van der Waals surface area contributed by atoms with Crippen molar-refractivity contribution >= 4 is 51.5 Å². The van der Waals surface area contributed by atoms with Gasteiger partial charge in [-0.1, -0.05) is 11.6 Å². The largest absolute Gasteiger partial charge is 0.454 e. The SMILES string of the molecule is C[C@H](C(=O)NC(C)(C)C)N(C(=O)C[S@](=O)CC(=O)Nc1ccc2c(c1)OCO2)c1ccc(Cl)cc1. The molecular formula is C24H28ClN3O6S. The molecule has 2 aromatic rings. The number of benzene rings is 2. The van der Waals surface area contributed by atoms with Crippen LogP contribution in [0.15, 0.2) is 42.5 Å². The van der Waals surface area contributed by atoms with Crippen LogP contribution >= 0.6 is 11.6 Å². The first-order valence-electron chi connectivity index (χ1n) is 10.9. The lowest BCUT2D eigenvalue weighted by Gasteiger charge is -2.31. The van der Waals surface area contributed by atoms with Gasteiger partial charge in [-0.05, 0) is 64.1 Å². The highest BCUT2D eigenvalue weighted by Gasteiger charge is 2.30. The third-order valence-electron chi connectivity index (χ3n) is 4.87. The second kappa shape index (κ2) is 11.1. The predicted octanol–water partition coefficient (Wildman–Crippen LogP) is 3.09. The van der Waals surface area contributed by atoms with Gasteiger partial charge in [0.25, 0.3) is 0 Å². The van der Waals surface area contributed by atoms with Gasteiger partial charge in [0, 0.05) is 38.8 Å². The van der Waals surface area contributed by atoms with Gasteiger partial charge >= 0.3 is 0 Å². The maximum absolute atomic E-state index is 13.2. The third-order valence-corrected chi connectivity index (χ3v) is 6.28. The Kier molecular flexibility index (Phi) is 8.39. The number of carbonyl (C=O) groups excluding carboxylic acids is 3. The van der Waals surface area contributed by atoms with Gasteiger partial charge in [-0.2, -0.15) is 0 Å². The van der Waals surface area contributed by atoms with E-state index >= 15 is 0 Å². The van der Waals surface area contributed by atoms with Gasteiger partial charge < -0.3 is 20.1 Å². The number of rotatable bonds is 8. The summed E-state index contributed by atoms with van der Waals surface area (Å²) in [5.74, 6) is -1.21. The molecule has 1 heterocycles. The molecule has 0 fully saturated rings. The average Bonchev–Trinajstić information content (AvgIpc) is 3.21. The van der Waals surface area contributed by atoms with Crippen molar-refractivity contribution in [2.45, 2.75) is 39.3 Å². The molecule has 3 rings (SSSR count). The van der Waals surface area contributed by atoms with Crippen molar-refractivity contribution in [2.75, 3.05) is 28.5 Å². The van der Waals surface area contributed by atoms with Crippen LogP contribution in [0.4, 0.5) is 11.4 Å². The van der Waals surface area contributed by atoms with Gasteiger partial charge in [0.15, 0.2) is 11.5 Å². The summed E-state index contributed by atoms with van der Waals surface area (Å²) in [6, 6.07) is 10.4. The molecule has 0 aliphatic carbocycles. The molecule has 0 bridgehead atoms. The molecular weight excluding hydrogens is 494 g/mol. The molecule has 0 saturated carbocycles. The number of fused-ring (bicyclic) bond motifs is 1. The fraction of sp³-hybridized carbons (Fsp3) is 0.375. The standard InChI is InChI=1S/C24H28ClN3O6S/c1-15(23(31)27-24(2,3)4)28(18-8-5-16(25)6-9-18)22(30)13-35(32)12-21(29)26-17-7-10-19-20(11-17)34-14-33-19/h5-11,15H,12-14H2,1-4H3,(H,26,29)(H,27,31)/t15-,35-/m1/s1. The van der Waals surface area contributed by atoms with E-state index in [1.54, 1.807) is 49.4 Å². The van der Waals surface area contributed by atoms with Crippen molar-refractivity contribution in [3.05, 3.63) is 47.5 Å². The molecule has 0 unspecified atom stereocenters. The lowest BCUT2D eigenvalue weighted by atomic mass is 10.1. The number of nitrogens with zero attached hydrogens (tertiary/aromatic N) is 1. The highest BCUT2D eigenvalue weighted by atomic mass is 35.5. The van der Waals surface area contributed by atoms with Crippen molar-refractivity contribution in [1.29, 1.82) is 0 Å². The van der Waals surface area contributed by atoms with Gasteiger partial charge in [0.1, 0.15) is 17.5 Å². The average molecular weight is 522 g/mol. The van der Waals surface area contributed by atoms with E-state index in [2.05, 4.69) is 10.6 Å². The molecule has 0 spiro atoms. The van der Waals surface area contributed by atoms with E-state index < -0.39 is 45.7 Å². The van der Waals surface area contributed by atoms with Gasteiger partial charge in [-0.15, -0.1) is 0 Å². The number of ether oxygens (including phenoxy) is 2. The van der Waals surface area contributed by atoms with Crippen LogP contribution in [0, 0.1) is 0 Å². The minimum absolute atomic E-state index is 0.106. The molecule has 0 saturated heterocycles. The van der Waals surface area contributed by atoms with E-state index in [1.165, 1.54) is 4.90 Å². The van der Waals surface area contributed by atoms with E-state index in [1.807, 2.05) is 20.8 Å². The van der Waals surface area contributed by atoms with Gasteiger partial charge in [-0.3, -0.25) is 23.5 Å². The van der Waals surface area contributed by atoms with E-state index in [0.29, 0.717) is 27.9 Å². The Morgan fingerprint density at radius 3 is 2.37 bits per heavy atom. The van der Waals surface area contributed by atoms with Gasteiger partial charge in [-0.25, -0.2) is 0 Å². The zero-order chi connectivity index (χ0) is 25.8. The first-order chi connectivity index (χ1) is 16.4. The molecule has 3 amide bonds. The van der Waals surface area contributed by atoms with Crippen LogP contribution in [0.3, 0.4) is 0 Å². The third kappa shape index (κ3) is 7.43. The lowest BCUT2D eigenvalue weighted by molar-refractivity contribution is -0.126. The van der Waals surface area contributed by atoms with Crippen LogP contribution in [-0.2, 0) is 25.2 Å². The van der Waals surface area contributed by atoms with Crippen molar-refractivity contribution in [3.8, 4) is 11.5 Å². The summed E-state index contributed by atoms with van der Waals surface area (Å²) in [7, 11) is -1.82. The Hall–Kier alpha value is -3.11. The molecule has 1 aliphatic rings. The fourth-order valence-electron chi connectivity index (χ4n) is 3.35. The highest BCUT2D eigenvalue weighted by Crippen LogP contribution is 2.34. The summed E-state index contributed by atoms with van der Waals surface area (Å²) in [4.78, 5) is 39.6. The molecule has 2 atom stereocenters. The first kappa shape index (κ1) is 26.5. The molecule has 11 heteroatoms. The molecule has 35 heavy (non-hydrogen) atoms. The van der Waals surface area contributed by atoms with Crippen LogP contribution in [0.5, 0.6) is 11.5 Å². The van der Waals surface area contributed by atoms with Crippen LogP contribution in [0.25, 0.3) is 0 Å². The summed E-state index contributed by atoms with van der Waals surface area (Å²) in [6.07, 6.45) is 0. The molecule has 2 aromatic carbocycles. The van der Waals surface area contributed by atoms with Gasteiger partial charge in [0.05, 0.1) is 0 Å². The summed E-state index contributed by atoms with van der Waals surface area (Å²) >= 11 is 5.97. The predicted molar refractivity (Wildman–Crippen MR) is 135 cm³/mol. The fourth-order valence-corrected chi connectivity index (χ4v) is 4.36. The maximum Gasteiger partial charge on any atom is 0.243 e. The molecule has 2 N–H and O–H groups in total. The maximum atomic E-state index is 13.2. The topological polar surface area (TPSA) is 114 Å². The van der Waals surface area contributed by atoms with Crippen molar-refractivity contribution < 1.29 is 28.1 Å². The molecule has 0 aromatic heterocycles. The normalized spacial score (nSPS) is 14.1. The first-order valence-corrected chi connectivity index (χ1v) is 12.7. The summed E-state index contributed by atoms with van der Waals surface area (Å²) < 4.78 is 23.2. The number of halogens is 1. The van der Waals surface area contributed by atoms with E-state index in [-0.39, 0.29) is 12.7 Å². The van der Waals surface area contributed by atoms with E-state index in [0.717, 1.165) is 0 Å². The second-order valence-corrected chi connectivity index (χ2v) is 10.9. The minimum atomic E-state index is -1.82. The second-order valence-electron chi connectivity index (χ2n) is 9.00. The zero-order valence-electron chi connectivity index (χ0n) is 19.9. The van der Waals surface area contributed by atoms with E-state index in [4.69, 9.17) is 21.1 Å². The summed E-state index contributed by atoms with van der Waals surface area (Å²) in [5.41, 5.74) is 0.381. The summed E-state index contributed by atoms with van der Waals surface area (Å²) in [6.45, 7) is 7.19. The minimum Gasteiger partial charge on any atom is -0.454 e. The van der Waals surface area contributed by atoms with E-state index in [9.17, 15) is 18.6 Å². The number of anilines is 2. The van der Waals surface area contributed by atoms with Crippen LogP contribution in [0.2, 0.25) is 5.02 Å². The smallest absolute Gasteiger partial charge is 0.243 e. The monoisotopic (exact) mass is 521 g/mol. The number of hydrogen-bond donors (Lipinski definition) is 2. The number of carbonyl (C=O) groups is 3. The number of nitrogens with one attached hydrogen (secondary N) is 2.